The molecule has 3 rings (SSSR count). The Balaban J connectivity index is 2.34. The van der Waals surface area contributed by atoms with Crippen molar-refractivity contribution in [1.29, 1.82) is 0 Å². The second kappa shape index (κ2) is 5.58. The van der Waals surface area contributed by atoms with Crippen LogP contribution in [0.2, 0.25) is 5.02 Å². The molecule has 108 valence electrons. The van der Waals surface area contributed by atoms with Crippen molar-refractivity contribution in [2.75, 3.05) is 7.11 Å². The first-order valence-corrected chi connectivity index (χ1v) is 7.38. The standard InChI is InChI=1S/C16H14Cl2N2O/c1-10(17)16-15(12-5-3-4-6-13(12)21-2)19-14-8-7-11(18)9-20(14)16/h3-10H,1-2H3. The van der Waals surface area contributed by atoms with Crippen molar-refractivity contribution in [2.24, 2.45) is 0 Å². The van der Waals surface area contributed by atoms with Crippen LogP contribution in [0.1, 0.15) is 18.0 Å². The first-order valence-electron chi connectivity index (χ1n) is 6.56. The number of nitrogens with zero attached hydrogens (tertiary/aromatic N) is 2. The van der Waals surface area contributed by atoms with Crippen LogP contribution in [-0.4, -0.2) is 16.5 Å². The van der Waals surface area contributed by atoms with Gasteiger partial charge in [-0.2, -0.15) is 0 Å². The van der Waals surface area contributed by atoms with Gasteiger partial charge in [0.05, 0.1) is 28.9 Å². The highest BCUT2D eigenvalue weighted by atomic mass is 35.5. The molecule has 3 aromatic rings. The predicted molar refractivity (Wildman–Crippen MR) is 86.5 cm³/mol. The van der Waals surface area contributed by atoms with E-state index in [4.69, 9.17) is 32.9 Å². The van der Waals surface area contributed by atoms with Gasteiger partial charge in [0.15, 0.2) is 0 Å². The summed E-state index contributed by atoms with van der Waals surface area (Å²) in [6.07, 6.45) is 1.83. The fourth-order valence-electron chi connectivity index (χ4n) is 2.46. The number of para-hydroxylation sites is 1. The van der Waals surface area contributed by atoms with E-state index in [0.29, 0.717) is 5.02 Å². The zero-order valence-electron chi connectivity index (χ0n) is 11.7. The molecule has 0 N–H and O–H groups in total. The summed E-state index contributed by atoms with van der Waals surface area (Å²) >= 11 is 12.5. The number of methoxy groups -OCH3 is 1. The van der Waals surface area contributed by atoms with Gasteiger partial charge in [0.25, 0.3) is 0 Å². The maximum atomic E-state index is 6.38. The molecule has 0 bridgehead atoms. The number of halogens is 2. The molecule has 1 aromatic carbocycles. The lowest BCUT2D eigenvalue weighted by Gasteiger charge is -2.10. The van der Waals surface area contributed by atoms with Crippen LogP contribution in [0.25, 0.3) is 16.9 Å². The quantitative estimate of drug-likeness (QED) is 0.637. The van der Waals surface area contributed by atoms with Gasteiger partial charge in [-0.25, -0.2) is 4.98 Å². The van der Waals surface area contributed by atoms with Crippen molar-refractivity contribution in [2.45, 2.75) is 12.3 Å². The Bertz CT molecular complexity index is 796. The molecule has 2 heterocycles. The highest BCUT2D eigenvalue weighted by Gasteiger charge is 2.20. The fourth-order valence-corrected chi connectivity index (χ4v) is 2.82. The molecular weight excluding hydrogens is 307 g/mol. The Hall–Kier alpha value is -1.71. The molecule has 0 fully saturated rings. The third kappa shape index (κ3) is 2.47. The summed E-state index contributed by atoms with van der Waals surface area (Å²) in [7, 11) is 1.65. The minimum absolute atomic E-state index is 0.210. The fraction of sp³-hybridized carbons (Fsp3) is 0.188. The Morgan fingerprint density at radius 1 is 1.19 bits per heavy atom. The van der Waals surface area contributed by atoms with Crippen LogP contribution in [0.4, 0.5) is 0 Å². The normalized spacial score (nSPS) is 12.6. The molecular formula is C16H14Cl2N2O. The number of ether oxygens (including phenoxy) is 1. The lowest BCUT2D eigenvalue weighted by Crippen LogP contribution is -1.96. The number of fused-ring (bicyclic) bond motifs is 1. The highest BCUT2D eigenvalue weighted by Crippen LogP contribution is 2.36. The van der Waals surface area contributed by atoms with Crippen LogP contribution in [-0.2, 0) is 0 Å². The smallest absolute Gasteiger partial charge is 0.137 e. The van der Waals surface area contributed by atoms with E-state index in [1.165, 1.54) is 0 Å². The summed E-state index contributed by atoms with van der Waals surface area (Å²) in [6, 6.07) is 11.5. The van der Waals surface area contributed by atoms with Crippen LogP contribution >= 0.6 is 23.2 Å². The molecule has 5 heteroatoms. The van der Waals surface area contributed by atoms with Gasteiger partial charge in [-0.05, 0) is 31.2 Å². The van der Waals surface area contributed by atoms with Crippen molar-refractivity contribution in [3.05, 3.63) is 53.3 Å². The summed E-state index contributed by atoms with van der Waals surface area (Å²) < 4.78 is 7.37. The molecule has 0 aliphatic rings. The van der Waals surface area contributed by atoms with E-state index in [1.54, 1.807) is 7.11 Å². The van der Waals surface area contributed by atoms with E-state index in [-0.39, 0.29) is 5.38 Å². The topological polar surface area (TPSA) is 26.5 Å². The van der Waals surface area contributed by atoms with Crippen molar-refractivity contribution in [1.82, 2.24) is 9.38 Å². The lowest BCUT2D eigenvalue weighted by molar-refractivity contribution is 0.416. The number of benzene rings is 1. The number of hydrogen-bond acceptors (Lipinski definition) is 2. The average Bonchev–Trinajstić information content (AvgIpc) is 2.85. The molecule has 1 atom stereocenters. The van der Waals surface area contributed by atoms with Gasteiger partial charge in [0.1, 0.15) is 11.4 Å². The zero-order chi connectivity index (χ0) is 15.0. The highest BCUT2D eigenvalue weighted by molar-refractivity contribution is 6.30. The molecule has 0 saturated carbocycles. The monoisotopic (exact) mass is 320 g/mol. The Labute approximate surface area is 133 Å². The molecule has 0 saturated heterocycles. The number of hydrogen-bond donors (Lipinski definition) is 0. The van der Waals surface area contributed by atoms with Crippen LogP contribution < -0.4 is 4.74 Å². The van der Waals surface area contributed by atoms with E-state index in [9.17, 15) is 0 Å². The predicted octanol–water partition coefficient (Wildman–Crippen LogP) is 4.96. The van der Waals surface area contributed by atoms with E-state index in [0.717, 1.165) is 28.3 Å². The number of alkyl halides is 1. The first-order chi connectivity index (χ1) is 10.1. The third-order valence-electron chi connectivity index (χ3n) is 3.36. The van der Waals surface area contributed by atoms with Crippen LogP contribution in [0.15, 0.2) is 42.6 Å². The van der Waals surface area contributed by atoms with Crippen molar-refractivity contribution >= 4 is 28.8 Å². The van der Waals surface area contributed by atoms with Gasteiger partial charge < -0.3 is 9.14 Å². The SMILES string of the molecule is COc1ccccc1-c1nc2ccc(Cl)cn2c1C(C)Cl. The third-order valence-corrected chi connectivity index (χ3v) is 3.79. The molecule has 0 amide bonds. The minimum atomic E-state index is -0.210. The van der Waals surface area contributed by atoms with E-state index in [1.807, 2.05) is 53.9 Å². The zero-order valence-corrected chi connectivity index (χ0v) is 13.2. The number of aromatic nitrogens is 2. The second-order valence-corrected chi connectivity index (χ2v) is 5.83. The summed E-state index contributed by atoms with van der Waals surface area (Å²) in [5.41, 5.74) is 3.45. The van der Waals surface area contributed by atoms with Gasteiger partial charge in [-0.15, -0.1) is 11.6 Å². The van der Waals surface area contributed by atoms with E-state index >= 15 is 0 Å². The minimum Gasteiger partial charge on any atom is -0.496 e. The average molecular weight is 321 g/mol. The van der Waals surface area contributed by atoms with Crippen molar-refractivity contribution in [3.63, 3.8) is 0 Å². The summed E-state index contributed by atoms with van der Waals surface area (Å²) in [4.78, 5) is 4.69. The molecule has 1 unspecified atom stereocenters. The molecule has 0 aliphatic heterocycles. The van der Waals surface area contributed by atoms with Gasteiger partial charge in [-0.1, -0.05) is 23.7 Å². The van der Waals surface area contributed by atoms with Gasteiger partial charge in [-0.3, -0.25) is 0 Å². The maximum absolute atomic E-state index is 6.38. The lowest BCUT2D eigenvalue weighted by atomic mass is 10.1. The van der Waals surface area contributed by atoms with Crippen molar-refractivity contribution in [3.8, 4) is 17.0 Å². The Morgan fingerprint density at radius 2 is 1.95 bits per heavy atom. The van der Waals surface area contributed by atoms with Gasteiger partial charge >= 0.3 is 0 Å². The number of imidazole rings is 1. The summed E-state index contributed by atoms with van der Waals surface area (Å²) in [5, 5.41) is 0.434. The molecule has 21 heavy (non-hydrogen) atoms. The van der Waals surface area contributed by atoms with Crippen LogP contribution in [0.5, 0.6) is 5.75 Å². The van der Waals surface area contributed by atoms with E-state index in [2.05, 4.69) is 0 Å². The molecule has 0 aliphatic carbocycles. The summed E-state index contributed by atoms with van der Waals surface area (Å²) in [6.45, 7) is 1.92. The molecule has 0 spiro atoms. The second-order valence-electron chi connectivity index (χ2n) is 4.74. The van der Waals surface area contributed by atoms with Crippen LogP contribution in [0, 0.1) is 0 Å². The molecule has 3 nitrogen and oxygen atoms in total. The summed E-state index contributed by atoms with van der Waals surface area (Å²) in [5.74, 6) is 0.769. The Morgan fingerprint density at radius 3 is 2.67 bits per heavy atom. The molecule has 2 aromatic heterocycles. The maximum Gasteiger partial charge on any atom is 0.137 e. The number of rotatable bonds is 3. The van der Waals surface area contributed by atoms with Gasteiger partial charge in [0, 0.05) is 11.8 Å². The molecule has 0 radical (unpaired) electrons. The Kier molecular flexibility index (Phi) is 3.79. The van der Waals surface area contributed by atoms with Crippen molar-refractivity contribution < 1.29 is 4.74 Å². The largest absolute Gasteiger partial charge is 0.496 e. The number of pyridine rings is 1. The van der Waals surface area contributed by atoms with E-state index < -0.39 is 0 Å². The van der Waals surface area contributed by atoms with Crippen LogP contribution in [0.3, 0.4) is 0 Å². The van der Waals surface area contributed by atoms with Gasteiger partial charge in [0.2, 0.25) is 0 Å². The first kappa shape index (κ1) is 14.2.